The number of guanidine groups is 1. The lowest BCUT2D eigenvalue weighted by atomic mass is 10.1. The van der Waals surface area contributed by atoms with Crippen LogP contribution >= 0.6 is 0 Å². The molecular weight excluding hydrogens is 266 g/mol. The van der Waals surface area contributed by atoms with E-state index in [2.05, 4.69) is 36.4 Å². The first kappa shape index (κ1) is 19.7. The molecule has 0 aliphatic carbocycles. The highest BCUT2D eigenvalue weighted by Crippen LogP contribution is 2.04. The van der Waals surface area contributed by atoms with Crippen molar-refractivity contribution in [2.45, 2.75) is 65.8 Å². The summed E-state index contributed by atoms with van der Waals surface area (Å²) in [6.07, 6.45) is 4.71. The number of unbranched alkanes of at least 4 members (excludes halogenated alkanes) is 3. The summed E-state index contributed by atoms with van der Waals surface area (Å²) in [5.41, 5.74) is 0. The molecule has 5 nitrogen and oxygen atoms in total. The Morgan fingerprint density at radius 3 is 2.38 bits per heavy atom. The van der Waals surface area contributed by atoms with Gasteiger partial charge in [0.05, 0.1) is 6.61 Å². The fourth-order valence-corrected chi connectivity index (χ4v) is 1.76. The Bertz CT molecular complexity index is 304. The molecule has 0 saturated carbocycles. The molecule has 21 heavy (non-hydrogen) atoms. The number of carbonyl (C=O) groups excluding carboxylic acids is 1. The van der Waals surface area contributed by atoms with Gasteiger partial charge in [-0.3, -0.25) is 9.79 Å². The highest BCUT2D eigenvalue weighted by atomic mass is 16.5. The van der Waals surface area contributed by atoms with E-state index < -0.39 is 0 Å². The number of hydrogen-bond donors (Lipinski definition) is 2. The second-order valence-corrected chi connectivity index (χ2v) is 5.65. The molecule has 0 aromatic carbocycles. The summed E-state index contributed by atoms with van der Waals surface area (Å²) in [5.74, 6) is 1.36. The first-order valence-electron chi connectivity index (χ1n) is 8.14. The zero-order chi connectivity index (χ0) is 16.1. The number of hydrogen-bond acceptors (Lipinski definition) is 3. The highest BCUT2D eigenvalue weighted by molar-refractivity contribution is 5.79. The van der Waals surface area contributed by atoms with Crippen LogP contribution in [0.4, 0.5) is 0 Å². The summed E-state index contributed by atoms with van der Waals surface area (Å²) in [6, 6.07) is 0.403. The molecule has 1 unspecified atom stereocenters. The smallest absolute Gasteiger partial charge is 0.305 e. The van der Waals surface area contributed by atoms with Gasteiger partial charge in [-0.2, -0.15) is 0 Å². The Morgan fingerprint density at radius 1 is 1.14 bits per heavy atom. The Kier molecular flexibility index (Phi) is 11.7. The van der Waals surface area contributed by atoms with Crippen LogP contribution in [-0.2, 0) is 9.53 Å². The summed E-state index contributed by atoms with van der Waals surface area (Å²) < 4.78 is 4.90. The Labute approximate surface area is 129 Å². The van der Waals surface area contributed by atoms with Gasteiger partial charge in [0, 0.05) is 26.1 Å². The van der Waals surface area contributed by atoms with E-state index in [4.69, 9.17) is 4.74 Å². The van der Waals surface area contributed by atoms with E-state index in [9.17, 15) is 4.79 Å². The molecule has 0 heterocycles. The second-order valence-electron chi connectivity index (χ2n) is 5.65. The molecule has 1 atom stereocenters. The molecule has 0 amide bonds. The Hall–Kier alpha value is -1.26. The molecular formula is C16H33N3O2. The predicted molar refractivity (Wildman–Crippen MR) is 88.5 cm³/mol. The maximum atomic E-state index is 11.2. The standard InChI is InChI=1S/C16H33N3O2/c1-6-21-15(20)11-9-7-8-10-12-18-16(17-5)19-14(4)13(2)3/h13-14H,6-12H2,1-5H3,(H2,17,18,19). The first-order chi connectivity index (χ1) is 10.0. The summed E-state index contributed by atoms with van der Waals surface area (Å²) in [6.45, 7) is 9.76. The quantitative estimate of drug-likeness (QED) is 0.282. The van der Waals surface area contributed by atoms with Crippen molar-refractivity contribution in [1.29, 1.82) is 0 Å². The van der Waals surface area contributed by atoms with Gasteiger partial charge in [-0.25, -0.2) is 0 Å². The van der Waals surface area contributed by atoms with Crippen LogP contribution in [0.2, 0.25) is 0 Å². The fourth-order valence-electron chi connectivity index (χ4n) is 1.76. The van der Waals surface area contributed by atoms with Gasteiger partial charge in [-0.1, -0.05) is 26.7 Å². The molecule has 0 aromatic heterocycles. The molecule has 0 aromatic rings. The lowest BCUT2D eigenvalue weighted by Gasteiger charge is -2.20. The van der Waals surface area contributed by atoms with Crippen LogP contribution in [0.3, 0.4) is 0 Å². The number of esters is 1. The van der Waals surface area contributed by atoms with Gasteiger partial charge in [0.25, 0.3) is 0 Å². The second kappa shape index (κ2) is 12.5. The Morgan fingerprint density at radius 2 is 1.81 bits per heavy atom. The van der Waals surface area contributed by atoms with Crippen molar-refractivity contribution < 1.29 is 9.53 Å². The van der Waals surface area contributed by atoms with Gasteiger partial charge < -0.3 is 15.4 Å². The van der Waals surface area contributed by atoms with Crippen LogP contribution < -0.4 is 10.6 Å². The number of rotatable bonds is 10. The number of carbonyl (C=O) groups is 1. The van der Waals surface area contributed by atoms with Crippen LogP contribution in [0.5, 0.6) is 0 Å². The summed E-state index contributed by atoms with van der Waals surface area (Å²) in [4.78, 5) is 15.4. The summed E-state index contributed by atoms with van der Waals surface area (Å²) >= 11 is 0. The maximum absolute atomic E-state index is 11.2. The largest absolute Gasteiger partial charge is 0.466 e. The van der Waals surface area contributed by atoms with Crippen molar-refractivity contribution in [3.63, 3.8) is 0 Å². The molecule has 0 rings (SSSR count). The number of ether oxygens (including phenoxy) is 1. The minimum absolute atomic E-state index is 0.0806. The number of aliphatic imine (C=N–C) groups is 1. The van der Waals surface area contributed by atoms with E-state index in [0.717, 1.165) is 38.2 Å². The van der Waals surface area contributed by atoms with Gasteiger partial charge >= 0.3 is 5.97 Å². The third-order valence-electron chi connectivity index (χ3n) is 3.49. The van der Waals surface area contributed by atoms with E-state index >= 15 is 0 Å². The molecule has 0 saturated heterocycles. The molecule has 0 fully saturated rings. The van der Waals surface area contributed by atoms with Gasteiger partial charge in [0.2, 0.25) is 0 Å². The van der Waals surface area contributed by atoms with Gasteiger partial charge in [0.15, 0.2) is 5.96 Å². The fraction of sp³-hybridized carbons (Fsp3) is 0.875. The molecule has 0 aliphatic rings. The first-order valence-corrected chi connectivity index (χ1v) is 8.14. The zero-order valence-corrected chi connectivity index (χ0v) is 14.4. The van der Waals surface area contributed by atoms with Crippen LogP contribution in [-0.4, -0.2) is 38.2 Å². The van der Waals surface area contributed by atoms with Crippen molar-refractivity contribution in [2.75, 3.05) is 20.2 Å². The van der Waals surface area contributed by atoms with E-state index in [0.29, 0.717) is 25.0 Å². The maximum Gasteiger partial charge on any atom is 0.305 e. The monoisotopic (exact) mass is 299 g/mol. The molecule has 2 N–H and O–H groups in total. The number of nitrogens with zero attached hydrogens (tertiary/aromatic N) is 1. The normalized spacial score (nSPS) is 13.1. The molecule has 5 heteroatoms. The molecule has 0 aliphatic heterocycles. The van der Waals surface area contributed by atoms with Crippen LogP contribution in [0, 0.1) is 5.92 Å². The highest BCUT2D eigenvalue weighted by Gasteiger charge is 2.08. The van der Waals surface area contributed by atoms with Crippen molar-refractivity contribution in [3.05, 3.63) is 0 Å². The van der Waals surface area contributed by atoms with Crippen LogP contribution in [0.25, 0.3) is 0 Å². The van der Waals surface area contributed by atoms with Gasteiger partial charge in [-0.05, 0) is 32.6 Å². The van der Waals surface area contributed by atoms with Crippen LogP contribution in [0.1, 0.15) is 59.8 Å². The predicted octanol–water partition coefficient (Wildman–Crippen LogP) is 2.71. The minimum atomic E-state index is -0.0806. The average molecular weight is 299 g/mol. The van der Waals surface area contributed by atoms with E-state index in [-0.39, 0.29) is 5.97 Å². The van der Waals surface area contributed by atoms with Crippen molar-refractivity contribution in [2.24, 2.45) is 10.9 Å². The van der Waals surface area contributed by atoms with Crippen molar-refractivity contribution >= 4 is 11.9 Å². The molecule has 0 spiro atoms. The summed E-state index contributed by atoms with van der Waals surface area (Å²) in [7, 11) is 1.79. The summed E-state index contributed by atoms with van der Waals surface area (Å²) in [5, 5.41) is 6.70. The third kappa shape index (κ3) is 11.1. The van der Waals surface area contributed by atoms with E-state index in [1.165, 1.54) is 0 Å². The van der Waals surface area contributed by atoms with Crippen molar-refractivity contribution in [1.82, 2.24) is 10.6 Å². The lowest BCUT2D eigenvalue weighted by molar-refractivity contribution is -0.143. The van der Waals surface area contributed by atoms with E-state index in [1.807, 2.05) is 6.92 Å². The van der Waals surface area contributed by atoms with Crippen molar-refractivity contribution in [3.8, 4) is 0 Å². The van der Waals surface area contributed by atoms with Crippen LogP contribution in [0.15, 0.2) is 4.99 Å². The van der Waals surface area contributed by atoms with E-state index in [1.54, 1.807) is 7.05 Å². The average Bonchev–Trinajstić information content (AvgIpc) is 2.44. The topological polar surface area (TPSA) is 62.7 Å². The lowest BCUT2D eigenvalue weighted by Crippen LogP contribution is -2.44. The molecule has 0 radical (unpaired) electrons. The zero-order valence-electron chi connectivity index (χ0n) is 14.4. The SMILES string of the molecule is CCOC(=O)CCCCCCNC(=NC)NC(C)C(C)C. The minimum Gasteiger partial charge on any atom is -0.466 e. The third-order valence-corrected chi connectivity index (χ3v) is 3.49. The number of nitrogens with one attached hydrogen (secondary N) is 2. The molecule has 124 valence electrons. The van der Waals surface area contributed by atoms with Gasteiger partial charge in [-0.15, -0.1) is 0 Å². The van der Waals surface area contributed by atoms with Gasteiger partial charge in [0.1, 0.15) is 0 Å². The molecule has 0 bridgehead atoms. The Balaban J connectivity index is 3.59.